The van der Waals surface area contributed by atoms with Crippen LogP contribution >= 0.6 is 24.2 Å². The first kappa shape index (κ1) is 21.9. The number of benzene rings is 2. The van der Waals surface area contributed by atoms with Crippen LogP contribution in [0.15, 0.2) is 47.4 Å². The van der Waals surface area contributed by atoms with Gasteiger partial charge in [-0.05, 0) is 49.1 Å². The second-order valence-corrected chi connectivity index (χ2v) is 9.71. The maximum absolute atomic E-state index is 12.4. The molecule has 1 aliphatic heterocycles. The van der Waals surface area contributed by atoms with Crippen molar-refractivity contribution in [2.24, 2.45) is 5.14 Å². The van der Waals surface area contributed by atoms with Crippen molar-refractivity contribution in [1.82, 2.24) is 4.31 Å². The lowest BCUT2D eigenvalue weighted by atomic mass is 10.1. The van der Waals surface area contributed by atoms with E-state index in [2.05, 4.69) is 12.2 Å². The largest absolute Gasteiger partial charge is 0.454 e. The molecule has 3 rings (SSSR count). The van der Waals surface area contributed by atoms with Gasteiger partial charge in [0.25, 0.3) is 0 Å². The molecule has 0 aromatic heterocycles. The van der Waals surface area contributed by atoms with Crippen LogP contribution in [0.4, 0.5) is 5.69 Å². The van der Waals surface area contributed by atoms with E-state index in [0.717, 1.165) is 31.6 Å². The van der Waals surface area contributed by atoms with Crippen LogP contribution in [0, 0.1) is 0 Å². The molecule has 2 aromatic rings. The Morgan fingerprint density at radius 3 is 2.69 bits per heavy atom. The van der Waals surface area contributed by atoms with Crippen molar-refractivity contribution in [1.29, 1.82) is 0 Å². The van der Waals surface area contributed by atoms with Gasteiger partial charge in [0.1, 0.15) is 15.6 Å². The summed E-state index contributed by atoms with van der Waals surface area (Å²) in [4.78, 5) is 0.520. The molecule has 0 unspecified atom stereocenters. The van der Waals surface area contributed by atoms with Crippen LogP contribution in [0.5, 0.6) is 11.5 Å². The number of anilines is 1. The molecule has 2 aromatic carbocycles. The topological polar surface area (TPSA) is 84.7 Å². The maximum atomic E-state index is 12.4. The fourth-order valence-electron chi connectivity index (χ4n) is 2.93. The monoisotopic (exact) mass is 451 g/mol. The van der Waals surface area contributed by atoms with Crippen LogP contribution in [-0.2, 0) is 10.0 Å². The number of hydrogen-bond donors (Lipinski definition) is 2. The van der Waals surface area contributed by atoms with Gasteiger partial charge in [0.15, 0.2) is 5.75 Å². The molecule has 0 saturated carbocycles. The summed E-state index contributed by atoms with van der Waals surface area (Å²) in [6.45, 7) is 3.62. The number of unbranched alkanes of at least 4 members (excludes halogenated alkanes) is 1. The number of rotatable bonds is 8. The summed E-state index contributed by atoms with van der Waals surface area (Å²) in [6.07, 6.45) is 2.99. The van der Waals surface area contributed by atoms with E-state index in [1.165, 1.54) is 6.07 Å². The van der Waals surface area contributed by atoms with Gasteiger partial charge in [0.05, 0.1) is 5.69 Å². The molecule has 0 aliphatic carbocycles. The molecule has 0 amide bonds. The van der Waals surface area contributed by atoms with Crippen molar-refractivity contribution in [3.05, 3.63) is 48.0 Å². The number of para-hydroxylation sites is 1. The number of nitrogens with zero attached hydrogens (tertiary/aromatic N) is 1. The Balaban J connectivity index is 2.08. The first-order chi connectivity index (χ1) is 13.9. The summed E-state index contributed by atoms with van der Waals surface area (Å²) in [6, 6.07) is 12.4. The molecule has 3 N–H and O–H groups in total. The zero-order valence-electron chi connectivity index (χ0n) is 16.3. The first-order valence-electron chi connectivity index (χ1n) is 9.52. The summed E-state index contributed by atoms with van der Waals surface area (Å²) < 4.78 is 32.9. The number of primary sulfonamides is 1. The Kier molecular flexibility index (Phi) is 7.39. The normalized spacial score (nSPS) is 14.1. The smallest absolute Gasteiger partial charge is 0.241 e. The van der Waals surface area contributed by atoms with Gasteiger partial charge in [-0.2, -0.15) is 0 Å². The molecular weight excluding hydrogens is 426 g/mol. The summed E-state index contributed by atoms with van der Waals surface area (Å²) in [7, 11) is -4.04. The number of nitrogens with two attached hydrogens (primary N) is 1. The van der Waals surface area contributed by atoms with Crippen LogP contribution in [0.25, 0.3) is 0 Å². The standard InChI is InChI=1S/C20H25N3O3S3/c1-2-3-10-22-17-13-15(20(27)23-11-7-12-28-23)14-18(29(21,24)25)19(17)26-16-8-5-4-6-9-16/h4-6,8-9,13-14,22H,2-3,7,10-12H2,1H3,(H2,21,24,25). The third-order valence-corrected chi connectivity index (χ3v) is 7.03. The van der Waals surface area contributed by atoms with Crippen LogP contribution in [0.1, 0.15) is 31.7 Å². The van der Waals surface area contributed by atoms with Gasteiger partial charge < -0.3 is 14.4 Å². The molecule has 1 fully saturated rings. The van der Waals surface area contributed by atoms with Gasteiger partial charge in [-0.25, -0.2) is 13.6 Å². The van der Waals surface area contributed by atoms with Gasteiger partial charge >= 0.3 is 0 Å². The van der Waals surface area contributed by atoms with E-state index in [1.54, 1.807) is 24.1 Å². The Hall–Kier alpha value is -1.81. The molecule has 9 heteroatoms. The molecule has 0 spiro atoms. The van der Waals surface area contributed by atoms with Crippen molar-refractivity contribution < 1.29 is 13.2 Å². The number of hydrogen-bond acceptors (Lipinski definition) is 6. The first-order valence-corrected chi connectivity index (χ1v) is 12.4. The predicted octanol–water partition coefficient (Wildman–Crippen LogP) is 4.37. The third kappa shape index (κ3) is 5.63. The molecule has 1 saturated heterocycles. The lowest BCUT2D eigenvalue weighted by molar-refractivity contribution is 0.469. The second kappa shape index (κ2) is 9.80. The van der Waals surface area contributed by atoms with Crippen molar-refractivity contribution in [3.63, 3.8) is 0 Å². The minimum atomic E-state index is -4.04. The van der Waals surface area contributed by atoms with E-state index in [0.29, 0.717) is 28.5 Å². The Labute approximate surface area is 182 Å². The van der Waals surface area contributed by atoms with Crippen LogP contribution < -0.4 is 15.2 Å². The molecule has 0 radical (unpaired) electrons. The summed E-state index contributed by atoms with van der Waals surface area (Å²) in [5, 5.41) is 8.86. The van der Waals surface area contributed by atoms with Crippen LogP contribution in [0.3, 0.4) is 0 Å². The van der Waals surface area contributed by atoms with Gasteiger partial charge in [-0.15, -0.1) is 0 Å². The van der Waals surface area contributed by atoms with Crippen molar-refractivity contribution >= 4 is 44.9 Å². The van der Waals surface area contributed by atoms with Crippen molar-refractivity contribution in [2.45, 2.75) is 31.1 Å². The van der Waals surface area contributed by atoms with Crippen LogP contribution in [0.2, 0.25) is 0 Å². The molecule has 29 heavy (non-hydrogen) atoms. The lowest BCUT2D eigenvalue weighted by Gasteiger charge is -2.21. The number of nitrogens with one attached hydrogen (secondary N) is 1. The van der Waals surface area contributed by atoms with Crippen molar-refractivity contribution in [2.75, 3.05) is 24.2 Å². The molecule has 6 nitrogen and oxygen atoms in total. The van der Waals surface area contributed by atoms with Crippen molar-refractivity contribution in [3.8, 4) is 11.5 Å². The highest BCUT2D eigenvalue weighted by molar-refractivity contribution is 7.98. The zero-order chi connectivity index (χ0) is 20.9. The van der Waals surface area contributed by atoms with E-state index < -0.39 is 10.0 Å². The third-order valence-electron chi connectivity index (χ3n) is 4.40. The fourth-order valence-corrected chi connectivity index (χ4v) is 4.96. The van der Waals surface area contributed by atoms with E-state index in [1.807, 2.05) is 28.6 Å². The van der Waals surface area contributed by atoms with E-state index in [4.69, 9.17) is 22.1 Å². The molecule has 1 aliphatic rings. The summed E-state index contributed by atoms with van der Waals surface area (Å²) in [5.41, 5.74) is 1.20. The Morgan fingerprint density at radius 1 is 1.31 bits per heavy atom. The molecule has 1 heterocycles. The number of sulfonamides is 1. The fraction of sp³-hybridized carbons (Fsp3) is 0.350. The molecular formula is C20H25N3O3S3. The average molecular weight is 452 g/mol. The summed E-state index contributed by atoms with van der Waals surface area (Å²) >= 11 is 7.28. The van der Waals surface area contributed by atoms with Gasteiger partial charge in [-0.3, -0.25) is 0 Å². The quantitative estimate of drug-likeness (QED) is 0.350. The predicted molar refractivity (Wildman–Crippen MR) is 123 cm³/mol. The number of ether oxygens (including phenoxy) is 1. The summed E-state index contributed by atoms with van der Waals surface area (Å²) in [5.74, 6) is 1.72. The van der Waals surface area contributed by atoms with Gasteiger partial charge in [0, 0.05) is 24.4 Å². The highest BCUT2D eigenvalue weighted by atomic mass is 32.2. The zero-order valence-corrected chi connectivity index (χ0v) is 18.7. The second-order valence-electron chi connectivity index (χ2n) is 6.69. The van der Waals surface area contributed by atoms with E-state index in [-0.39, 0.29) is 10.6 Å². The SMILES string of the molecule is CCCCNc1cc(C(=S)N2CCCS2)cc(S(N)(=O)=O)c1Oc1ccccc1. The Bertz CT molecular complexity index is 960. The van der Waals surface area contributed by atoms with Gasteiger partial charge in [-0.1, -0.05) is 43.8 Å². The minimum Gasteiger partial charge on any atom is -0.454 e. The highest BCUT2D eigenvalue weighted by Crippen LogP contribution is 2.38. The van der Waals surface area contributed by atoms with Gasteiger partial charge in [0.2, 0.25) is 10.0 Å². The molecule has 156 valence electrons. The van der Waals surface area contributed by atoms with E-state index >= 15 is 0 Å². The molecule has 0 bridgehead atoms. The average Bonchev–Trinajstić information content (AvgIpc) is 3.23. The minimum absolute atomic E-state index is 0.0793. The maximum Gasteiger partial charge on any atom is 0.241 e. The van der Waals surface area contributed by atoms with E-state index in [9.17, 15) is 8.42 Å². The number of thiocarbonyl (C=S) groups is 1. The highest BCUT2D eigenvalue weighted by Gasteiger charge is 2.25. The lowest BCUT2D eigenvalue weighted by Crippen LogP contribution is -2.22. The Morgan fingerprint density at radius 2 is 2.07 bits per heavy atom. The molecule has 0 atom stereocenters. The van der Waals surface area contributed by atoms with Crippen LogP contribution in [-0.4, -0.2) is 36.6 Å².